The van der Waals surface area contributed by atoms with Gasteiger partial charge in [0.25, 0.3) is 0 Å². The van der Waals surface area contributed by atoms with Crippen molar-refractivity contribution in [1.82, 2.24) is 0 Å². The Morgan fingerprint density at radius 2 is 1.28 bits per heavy atom. The molecule has 0 spiro atoms. The summed E-state index contributed by atoms with van der Waals surface area (Å²) in [4.78, 5) is 15.0. The summed E-state index contributed by atoms with van der Waals surface area (Å²) in [6.07, 6.45) is 11.2. The number of hydrogen-bond acceptors (Lipinski definition) is 2. The molecule has 0 bridgehead atoms. The number of aliphatic imine (C=N–C) groups is 3. The van der Waals surface area contributed by atoms with Crippen LogP contribution in [-0.2, 0) is 0 Å². The Hall–Kier alpha value is -5.67. The Morgan fingerprint density at radius 1 is 0.702 bits per heavy atom. The predicted molar refractivity (Wildman–Crippen MR) is 204 cm³/mol. The van der Waals surface area contributed by atoms with Crippen molar-refractivity contribution in [3.8, 4) is 0 Å². The van der Waals surface area contributed by atoms with Crippen LogP contribution in [0.15, 0.2) is 173 Å². The largest absolute Gasteiger partial charge is 0.260 e. The summed E-state index contributed by atoms with van der Waals surface area (Å²) in [6.45, 7) is 15.1. The van der Waals surface area contributed by atoms with Crippen molar-refractivity contribution in [2.75, 3.05) is 0 Å². The van der Waals surface area contributed by atoms with E-state index in [2.05, 4.69) is 148 Å². The molecule has 0 N–H and O–H groups in total. The molecule has 1 heterocycles. The minimum absolute atomic E-state index is 0.429. The molecule has 0 fully saturated rings. The topological polar surface area (TPSA) is 37.1 Å². The van der Waals surface area contributed by atoms with Crippen LogP contribution in [0.1, 0.15) is 49.4 Å². The van der Waals surface area contributed by atoms with Crippen molar-refractivity contribution in [2.45, 2.75) is 27.2 Å². The molecule has 230 valence electrons. The van der Waals surface area contributed by atoms with Crippen LogP contribution in [0.3, 0.4) is 0 Å². The molecule has 47 heavy (non-hydrogen) atoms. The first-order chi connectivity index (χ1) is 22.9. The molecule has 0 unspecified atom stereocenters. The van der Waals surface area contributed by atoms with E-state index in [1.807, 2.05) is 25.3 Å². The van der Waals surface area contributed by atoms with Crippen molar-refractivity contribution in [3.63, 3.8) is 0 Å². The summed E-state index contributed by atoms with van der Waals surface area (Å²) in [5, 5.41) is 4.65. The highest BCUT2D eigenvalue weighted by Gasteiger charge is 2.13. The molecule has 5 aromatic rings. The minimum Gasteiger partial charge on any atom is -0.260 e. The zero-order chi connectivity index (χ0) is 32.8. The molecule has 0 saturated heterocycles. The van der Waals surface area contributed by atoms with Crippen LogP contribution >= 0.6 is 0 Å². The molecule has 1 aliphatic rings. The van der Waals surface area contributed by atoms with Gasteiger partial charge in [0.15, 0.2) is 5.84 Å². The molecular formula is C44H39N3. The predicted octanol–water partition coefficient (Wildman–Crippen LogP) is 11.4. The normalized spacial score (nSPS) is 14.8. The van der Waals surface area contributed by atoms with Gasteiger partial charge in [0.2, 0.25) is 0 Å². The van der Waals surface area contributed by atoms with Crippen LogP contribution in [0.4, 0.5) is 0 Å². The van der Waals surface area contributed by atoms with Crippen molar-refractivity contribution >= 4 is 50.6 Å². The molecule has 0 aliphatic carbocycles. The van der Waals surface area contributed by atoms with E-state index in [1.54, 1.807) is 0 Å². The quantitative estimate of drug-likeness (QED) is 0.124. The smallest absolute Gasteiger partial charge is 0.160 e. The van der Waals surface area contributed by atoms with Gasteiger partial charge in [0.1, 0.15) is 0 Å². The zero-order valence-corrected chi connectivity index (χ0v) is 27.3. The summed E-state index contributed by atoms with van der Waals surface area (Å²) >= 11 is 0. The zero-order valence-electron chi connectivity index (χ0n) is 27.3. The number of fused-ring (bicyclic) bond motifs is 2. The summed E-state index contributed by atoms with van der Waals surface area (Å²) in [6, 6.07) is 37.8. The highest BCUT2D eigenvalue weighted by atomic mass is 14.9. The Labute approximate surface area is 278 Å². The van der Waals surface area contributed by atoms with E-state index in [4.69, 9.17) is 15.0 Å². The van der Waals surface area contributed by atoms with Gasteiger partial charge in [-0.05, 0) is 63.7 Å². The Balaban J connectivity index is 1.46. The van der Waals surface area contributed by atoms with Crippen molar-refractivity contribution in [1.29, 1.82) is 0 Å². The second-order valence-electron chi connectivity index (χ2n) is 12.2. The molecule has 0 atom stereocenters. The van der Waals surface area contributed by atoms with Gasteiger partial charge < -0.3 is 0 Å². The molecule has 6 rings (SSSR count). The van der Waals surface area contributed by atoms with Crippen LogP contribution in [0.5, 0.6) is 0 Å². The lowest BCUT2D eigenvalue weighted by molar-refractivity contribution is 0.832. The Bertz CT molecular complexity index is 2170. The molecular weight excluding hydrogens is 571 g/mol. The summed E-state index contributed by atoms with van der Waals surface area (Å²) in [5.74, 6) is 1.00. The third kappa shape index (κ3) is 7.43. The average Bonchev–Trinajstić information content (AvgIpc) is 3.10. The number of hydrogen-bond donors (Lipinski definition) is 0. The van der Waals surface area contributed by atoms with Crippen LogP contribution in [0, 0.1) is 5.92 Å². The number of nitrogens with zero attached hydrogens (tertiary/aromatic N) is 3. The third-order valence-electron chi connectivity index (χ3n) is 8.14. The SMILES string of the molecule is C=C(C)C(=NC(=NC(=C)c1ccc2ccccc2c1)c1ccc(C(/C=C\C(C)C)=C2/CC=CC=N2)cc1)c1ccc2ccccc2c1. The highest BCUT2D eigenvalue weighted by molar-refractivity contribution is 6.20. The first-order valence-electron chi connectivity index (χ1n) is 16.1. The van der Waals surface area contributed by atoms with Gasteiger partial charge in [-0.1, -0.05) is 142 Å². The second kappa shape index (κ2) is 14.2. The van der Waals surface area contributed by atoms with Crippen molar-refractivity contribution in [3.05, 3.63) is 180 Å². The Kier molecular flexibility index (Phi) is 9.45. The van der Waals surface area contributed by atoms with Crippen LogP contribution in [0.2, 0.25) is 0 Å². The lowest BCUT2D eigenvalue weighted by atomic mass is 9.98. The van der Waals surface area contributed by atoms with Crippen LogP contribution in [-0.4, -0.2) is 17.8 Å². The van der Waals surface area contributed by atoms with E-state index in [0.717, 1.165) is 62.0 Å². The number of amidine groups is 1. The van der Waals surface area contributed by atoms with Crippen LogP contribution in [0.25, 0.3) is 32.8 Å². The van der Waals surface area contributed by atoms with E-state index in [-0.39, 0.29) is 0 Å². The summed E-state index contributed by atoms with van der Waals surface area (Å²) < 4.78 is 0. The summed E-state index contributed by atoms with van der Waals surface area (Å²) in [7, 11) is 0. The second-order valence-corrected chi connectivity index (χ2v) is 12.2. The van der Waals surface area contributed by atoms with E-state index >= 15 is 0 Å². The summed E-state index contributed by atoms with van der Waals surface area (Å²) in [5.41, 5.74) is 8.38. The monoisotopic (exact) mass is 609 g/mol. The van der Waals surface area contributed by atoms with Gasteiger partial charge >= 0.3 is 0 Å². The molecule has 5 aromatic carbocycles. The maximum Gasteiger partial charge on any atom is 0.160 e. The van der Waals surface area contributed by atoms with E-state index in [0.29, 0.717) is 17.5 Å². The first-order valence-corrected chi connectivity index (χ1v) is 16.1. The highest BCUT2D eigenvalue weighted by Crippen LogP contribution is 2.28. The fourth-order valence-electron chi connectivity index (χ4n) is 5.62. The number of benzene rings is 5. The molecule has 3 nitrogen and oxygen atoms in total. The van der Waals surface area contributed by atoms with E-state index in [1.165, 1.54) is 10.8 Å². The first kappa shape index (κ1) is 31.3. The van der Waals surface area contributed by atoms with E-state index in [9.17, 15) is 0 Å². The van der Waals surface area contributed by atoms with Crippen molar-refractivity contribution in [2.24, 2.45) is 20.9 Å². The Morgan fingerprint density at radius 3 is 1.87 bits per heavy atom. The number of rotatable bonds is 8. The van der Waals surface area contributed by atoms with Crippen molar-refractivity contribution < 1.29 is 0 Å². The van der Waals surface area contributed by atoms with E-state index < -0.39 is 0 Å². The minimum atomic E-state index is 0.429. The number of allylic oxidation sites excluding steroid dienone is 6. The lowest BCUT2D eigenvalue weighted by Gasteiger charge is -2.13. The van der Waals surface area contributed by atoms with Gasteiger partial charge in [-0.3, -0.25) is 4.99 Å². The third-order valence-corrected chi connectivity index (χ3v) is 8.14. The number of dihydropyridines is 1. The van der Waals surface area contributed by atoms with Gasteiger partial charge in [-0.25, -0.2) is 9.98 Å². The molecule has 0 amide bonds. The molecule has 0 saturated carbocycles. The fourth-order valence-corrected chi connectivity index (χ4v) is 5.62. The maximum atomic E-state index is 5.22. The molecule has 0 radical (unpaired) electrons. The fraction of sp³-hybridized carbons (Fsp3) is 0.114. The standard InChI is InChI=1S/C44H39N3/c1-30(2)17-26-41(42-16-10-11-27-45-42)35-20-22-36(23-21-35)44(46-32(5)37-24-18-33-12-6-8-14-38(33)28-37)47-43(31(3)4)40-25-19-34-13-7-9-15-39(34)29-40/h6-15,17-30H,3,5,16H2,1-2,4H3/b26-17-,42-41-,46-44?,47-43?. The van der Waals surface area contributed by atoms with Gasteiger partial charge in [-0.2, -0.15) is 0 Å². The lowest BCUT2D eigenvalue weighted by Crippen LogP contribution is -2.08. The van der Waals surface area contributed by atoms with Gasteiger partial charge in [0, 0.05) is 34.9 Å². The molecule has 0 aromatic heterocycles. The van der Waals surface area contributed by atoms with Crippen LogP contribution < -0.4 is 0 Å². The van der Waals surface area contributed by atoms with Gasteiger partial charge in [-0.15, -0.1) is 0 Å². The molecule has 3 heteroatoms. The molecule has 1 aliphatic heterocycles. The van der Waals surface area contributed by atoms with Gasteiger partial charge in [0.05, 0.1) is 17.1 Å². The maximum absolute atomic E-state index is 5.22. The average molecular weight is 610 g/mol.